The zero-order valence-corrected chi connectivity index (χ0v) is 17.7. The molecule has 0 aliphatic carbocycles. The van der Waals surface area contributed by atoms with E-state index in [-0.39, 0.29) is 16.7 Å². The number of hydrogen-bond donors (Lipinski definition) is 1. The van der Waals surface area contributed by atoms with E-state index in [1.54, 1.807) is 24.3 Å². The Morgan fingerprint density at radius 3 is 2.07 bits per heavy atom. The van der Waals surface area contributed by atoms with E-state index in [1.807, 2.05) is 51.1 Å². The summed E-state index contributed by atoms with van der Waals surface area (Å²) in [5, 5.41) is 2.85. The Morgan fingerprint density at radius 1 is 0.964 bits per heavy atom. The van der Waals surface area contributed by atoms with Gasteiger partial charge >= 0.3 is 0 Å². The molecule has 2 aromatic carbocycles. The molecule has 1 amide bonds. The van der Waals surface area contributed by atoms with Crippen LogP contribution in [0.4, 0.5) is 5.69 Å². The Morgan fingerprint density at radius 2 is 1.54 bits per heavy atom. The minimum Gasteiger partial charge on any atom is -0.326 e. The fourth-order valence-corrected chi connectivity index (χ4v) is 4.72. The van der Waals surface area contributed by atoms with E-state index in [0.29, 0.717) is 25.2 Å². The van der Waals surface area contributed by atoms with Gasteiger partial charge in [-0.05, 0) is 48.6 Å². The molecule has 0 saturated heterocycles. The van der Waals surface area contributed by atoms with E-state index in [1.165, 1.54) is 4.31 Å². The summed E-state index contributed by atoms with van der Waals surface area (Å²) in [6, 6.07) is 16.3. The number of rotatable bonds is 10. The summed E-state index contributed by atoms with van der Waals surface area (Å²) in [7, 11) is -3.50. The van der Waals surface area contributed by atoms with E-state index in [0.717, 1.165) is 18.4 Å². The maximum absolute atomic E-state index is 12.8. The number of anilines is 1. The molecule has 1 N–H and O–H groups in total. The number of nitrogens with zero attached hydrogens (tertiary/aromatic N) is 1. The fourth-order valence-electron chi connectivity index (χ4n) is 3.10. The average Bonchev–Trinajstić information content (AvgIpc) is 2.68. The zero-order valence-electron chi connectivity index (χ0n) is 16.9. The van der Waals surface area contributed by atoms with Crippen LogP contribution in [0.15, 0.2) is 59.5 Å². The van der Waals surface area contributed by atoms with Crippen LogP contribution < -0.4 is 5.32 Å². The summed E-state index contributed by atoms with van der Waals surface area (Å²) < 4.78 is 27.1. The topological polar surface area (TPSA) is 66.5 Å². The molecule has 0 heterocycles. The first-order chi connectivity index (χ1) is 13.4. The Labute approximate surface area is 168 Å². The van der Waals surface area contributed by atoms with Crippen molar-refractivity contribution in [2.75, 3.05) is 18.4 Å². The normalized spacial score (nSPS) is 12.7. The van der Waals surface area contributed by atoms with Crippen molar-refractivity contribution in [1.29, 1.82) is 0 Å². The lowest BCUT2D eigenvalue weighted by Gasteiger charge is -2.21. The van der Waals surface area contributed by atoms with Crippen LogP contribution in [0.1, 0.15) is 51.5 Å². The molecule has 152 valence electrons. The maximum Gasteiger partial charge on any atom is 0.243 e. The third kappa shape index (κ3) is 5.91. The van der Waals surface area contributed by atoms with Crippen LogP contribution in [0, 0.1) is 0 Å². The second kappa shape index (κ2) is 10.4. The molecule has 0 fully saturated rings. The molecular formula is C22H30N2O3S. The van der Waals surface area contributed by atoms with Crippen molar-refractivity contribution in [3.05, 3.63) is 60.2 Å². The van der Waals surface area contributed by atoms with Crippen molar-refractivity contribution in [2.45, 2.75) is 50.8 Å². The molecule has 2 aromatic rings. The van der Waals surface area contributed by atoms with Gasteiger partial charge in [-0.25, -0.2) is 8.42 Å². The second-order valence-corrected chi connectivity index (χ2v) is 8.93. The highest BCUT2D eigenvalue weighted by Gasteiger charge is 2.23. The van der Waals surface area contributed by atoms with Crippen LogP contribution in [-0.4, -0.2) is 31.7 Å². The predicted octanol–water partition coefficient (Wildman–Crippen LogP) is 4.63. The van der Waals surface area contributed by atoms with Crippen LogP contribution in [0.3, 0.4) is 0 Å². The van der Waals surface area contributed by atoms with E-state index in [9.17, 15) is 13.2 Å². The quantitative estimate of drug-likeness (QED) is 0.630. The van der Waals surface area contributed by atoms with E-state index in [4.69, 9.17) is 0 Å². The Balaban J connectivity index is 2.02. The number of nitrogens with one attached hydrogen (secondary N) is 1. The lowest BCUT2D eigenvalue weighted by molar-refractivity contribution is -0.116. The zero-order chi connectivity index (χ0) is 20.6. The van der Waals surface area contributed by atoms with Gasteiger partial charge in [-0.15, -0.1) is 0 Å². The predicted molar refractivity (Wildman–Crippen MR) is 114 cm³/mol. The first kappa shape index (κ1) is 22.1. The van der Waals surface area contributed by atoms with Crippen LogP contribution in [-0.2, 0) is 14.8 Å². The molecule has 1 atom stereocenters. The molecule has 0 spiro atoms. The highest BCUT2D eigenvalue weighted by molar-refractivity contribution is 7.89. The lowest BCUT2D eigenvalue weighted by Crippen LogP contribution is -2.32. The van der Waals surface area contributed by atoms with Crippen molar-refractivity contribution in [3.63, 3.8) is 0 Å². The van der Waals surface area contributed by atoms with Gasteiger partial charge in [-0.3, -0.25) is 4.79 Å². The summed E-state index contributed by atoms with van der Waals surface area (Å²) in [4.78, 5) is 12.6. The van der Waals surface area contributed by atoms with Crippen molar-refractivity contribution in [1.82, 2.24) is 4.31 Å². The number of amides is 1. The third-order valence-electron chi connectivity index (χ3n) is 4.58. The molecule has 5 nitrogen and oxygen atoms in total. The van der Waals surface area contributed by atoms with Crippen LogP contribution in [0.5, 0.6) is 0 Å². The summed E-state index contributed by atoms with van der Waals surface area (Å²) in [6.07, 6.45) is 1.91. The molecule has 0 aromatic heterocycles. The maximum atomic E-state index is 12.8. The number of hydrogen-bond acceptors (Lipinski definition) is 3. The average molecular weight is 403 g/mol. The molecule has 0 unspecified atom stereocenters. The Hall–Kier alpha value is -2.18. The van der Waals surface area contributed by atoms with Gasteiger partial charge < -0.3 is 5.32 Å². The summed E-state index contributed by atoms with van der Waals surface area (Å²) in [5.41, 5.74) is 1.72. The van der Waals surface area contributed by atoms with E-state index < -0.39 is 10.0 Å². The Bertz CT molecular complexity index is 843. The van der Waals surface area contributed by atoms with Gasteiger partial charge in [0.1, 0.15) is 0 Å². The summed E-state index contributed by atoms with van der Waals surface area (Å²) >= 11 is 0. The minimum absolute atomic E-state index is 0.0921. The van der Waals surface area contributed by atoms with Crippen molar-refractivity contribution >= 4 is 21.6 Å². The van der Waals surface area contributed by atoms with E-state index >= 15 is 0 Å². The highest BCUT2D eigenvalue weighted by atomic mass is 32.2. The van der Waals surface area contributed by atoms with Crippen LogP contribution >= 0.6 is 0 Å². The van der Waals surface area contributed by atoms with Gasteiger partial charge in [-0.1, -0.05) is 51.1 Å². The minimum atomic E-state index is -3.50. The molecule has 0 aliphatic rings. The molecule has 28 heavy (non-hydrogen) atoms. The smallest absolute Gasteiger partial charge is 0.243 e. The monoisotopic (exact) mass is 402 g/mol. The summed E-state index contributed by atoms with van der Waals surface area (Å²) in [5.74, 6) is 0.0167. The van der Waals surface area contributed by atoms with Gasteiger partial charge in [0.15, 0.2) is 0 Å². The molecule has 0 saturated carbocycles. The largest absolute Gasteiger partial charge is 0.326 e. The Kier molecular flexibility index (Phi) is 8.20. The van der Waals surface area contributed by atoms with E-state index in [2.05, 4.69) is 5.32 Å². The molecule has 0 aliphatic heterocycles. The SMILES string of the molecule is CCCN(CCC)S(=O)(=O)c1ccc(NC(=O)C[C@H](C)c2ccccc2)cc1. The first-order valence-electron chi connectivity index (χ1n) is 9.83. The van der Waals surface area contributed by atoms with Crippen molar-refractivity contribution < 1.29 is 13.2 Å². The third-order valence-corrected chi connectivity index (χ3v) is 6.49. The second-order valence-electron chi connectivity index (χ2n) is 6.99. The molecule has 0 bridgehead atoms. The van der Waals surface area contributed by atoms with Gasteiger partial charge in [0.2, 0.25) is 15.9 Å². The van der Waals surface area contributed by atoms with Gasteiger partial charge in [0.25, 0.3) is 0 Å². The molecule has 2 rings (SSSR count). The summed E-state index contributed by atoms with van der Waals surface area (Å²) in [6.45, 7) is 6.96. The molecule has 6 heteroatoms. The standard InChI is InChI=1S/C22H30N2O3S/c1-4-15-24(16-5-2)28(26,27)21-13-11-20(12-14-21)23-22(25)17-18(3)19-9-7-6-8-10-19/h6-14,18H,4-5,15-17H2,1-3H3,(H,23,25)/t18-/m0/s1. The first-order valence-corrected chi connectivity index (χ1v) is 11.3. The highest BCUT2D eigenvalue weighted by Crippen LogP contribution is 2.21. The van der Waals surface area contributed by atoms with Crippen LogP contribution in [0.2, 0.25) is 0 Å². The number of carbonyl (C=O) groups excluding carboxylic acids is 1. The van der Waals surface area contributed by atoms with Gasteiger partial charge in [0.05, 0.1) is 4.90 Å². The van der Waals surface area contributed by atoms with Gasteiger partial charge in [-0.2, -0.15) is 4.31 Å². The molecule has 0 radical (unpaired) electrons. The number of benzene rings is 2. The van der Waals surface area contributed by atoms with Gasteiger partial charge in [0, 0.05) is 25.2 Å². The van der Waals surface area contributed by atoms with Crippen molar-refractivity contribution in [2.24, 2.45) is 0 Å². The number of sulfonamides is 1. The molecular weight excluding hydrogens is 372 g/mol. The number of carbonyl (C=O) groups is 1. The fraction of sp³-hybridized carbons (Fsp3) is 0.409. The lowest BCUT2D eigenvalue weighted by atomic mass is 9.97. The van der Waals surface area contributed by atoms with Crippen LogP contribution in [0.25, 0.3) is 0 Å². The van der Waals surface area contributed by atoms with Crippen molar-refractivity contribution in [3.8, 4) is 0 Å².